The van der Waals surface area contributed by atoms with Gasteiger partial charge in [0.1, 0.15) is 0 Å². The zero-order chi connectivity index (χ0) is 15.9. The Labute approximate surface area is 130 Å². The summed E-state index contributed by atoms with van der Waals surface area (Å²) in [7, 11) is 1.84. The van der Waals surface area contributed by atoms with Gasteiger partial charge in [-0.25, -0.2) is 0 Å². The van der Waals surface area contributed by atoms with E-state index in [4.69, 9.17) is 15.3 Å². The number of hydrazine groups is 1. The van der Waals surface area contributed by atoms with Gasteiger partial charge in [0.2, 0.25) is 0 Å². The second-order valence-electron chi connectivity index (χ2n) is 8.37. The maximum Gasteiger partial charge on any atom is 0.0848 e. The van der Waals surface area contributed by atoms with Crippen LogP contribution in [0.3, 0.4) is 0 Å². The first kappa shape index (κ1) is 17.2. The summed E-state index contributed by atoms with van der Waals surface area (Å²) in [6.45, 7) is 11.0. The fraction of sp³-hybridized carbons (Fsp3) is 1.00. The van der Waals surface area contributed by atoms with Gasteiger partial charge in [-0.15, -0.1) is 0 Å². The van der Waals surface area contributed by atoms with Crippen LogP contribution in [0, 0.1) is 11.8 Å². The molecule has 0 bridgehead atoms. The Morgan fingerprint density at radius 3 is 2.14 bits per heavy atom. The maximum absolute atomic E-state index is 6.28. The summed E-state index contributed by atoms with van der Waals surface area (Å²) in [6.07, 6.45) is 5.58. The molecule has 0 aromatic carbocycles. The Hall–Kier alpha value is -0.160. The van der Waals surface area contributed by atoms with Crippen molar-refractivity contribution in [3.63, 3.8) is 0 Å². The van der Waals surface area contributed by atoms with E-state index in [2.05, 4.69) is 40.0 Å². The molecule has 4 nitrogen and oxygen atoms in total. The van der Waals surface area contributed by atoms with Crippen LogP contribution in [0.2, 0.25) is 0 Å². The average Bonchev–Trinajstić information content (AvgIpc) is 2.61. The molecule has 1 aliphatic heterocycles. The topological polar surface area (TPSA) is 56.5 Å². The molecule has 0 aromatic rings. The van der Waals surface area contributed by atoms with E-state index in [1.807, 2.05) is 7.11 Å². The van der Waals surface area contributed by atoms with Gasteiger partial charge in [-0.1, -0.05) is 6.92 Å². The summed E-state index contributed by atoms with van der Waals surface area (Å²) >= 11 is 0. The fourth-order valence-corrected chi connectivity index (χ4v) is 4.65. The predicted octanol–water partition coefficient (Wildman–Crippen LogP) is 3.01. The molecule has 1 saturated carbocycles. The molecule has 0 radical (unpaired) electrons. The van der Waals surface area contributed by atoms with Crippen molar-refractivity contribution in [3.8, 4) is 0 Å². The van der Waals surface area contributed by atoms with Crippen LogP contribution < -0.4 is 11.3 Å². The largest absolute Gasteiger partial charge is 0.377 e. The van der Waals surface area contributed by atoms with Crippen molar-refractivity contribution in [2.45, 2.75) is 89.6 Å². The Kier molecular flexibility index (Phi) is 4.75. The standard InChI is InChI=1S/C17H34N2O2/c1-12-7-9-17(20-6,10-8-12)14(19-18)13-11-15(2,3)21-16(13,4)5/h12-14,19H,7-11,18H2,1-6H3. The summed E-state index contributed by atoms with van der Waals surface area (Å²) in [6, 6.07) is 0.131. The SMILES string of the molecule is COC1(C(NN)C2CC(C)(C)OC2(C)C)CCC(C)CC1. The van der Waals surface area contributed by atoms with Crippen molar-refractivity contribution in [3.05, 3.63) is 0 Å². The Bertz CT molecular complexity index is 360. The highest BCUT2D eigenvalue weighted by Gasteiger charge is 2.55. The number of rotatable bonds is 4. The molecule has 2 rings (SSSR count). The molecule has 124 valence electrons. The highest BCUT2D eigenvalue weighted by atomic mass is 16.5. The van der Waals surface area contributed by atoms with E-state index in [9.17, 15) is 0 Å². The lowest BCUT2D eigenvalue weighted by Gasteiger charge is -2.48. The summed E-state index contributed by atoms with van der Waals surface area (Å²) in [5, 5.41) is 0. The van der Waals surface area contributed by atoms with Crippen LogP contribution >= 0.6 is 0 Å². The predicted molar refractivity (Wildman–Crippen MR) is 85.8 cm³/mol. The van der Waals surface area contributed by atoms with Gasteiger partial charge in [0.05, 0.1) is 22.8 Å². The van der Waals surface area contributed by atoms with Gasteiger partial charge in [-0.3, -0.25) is 11.3 Å². The van der Waals surface area contributed by atoms with Crippen molar-refractivity contribution >= 4 is 0 Å². The van der Waals surface area contributed by atoms with Gasteiger partial charge >= 0.3 is 0 Å². The van der Waals surface area contributed by atoms with Crippen molar-refractivity contribution in [1.29, 1.82) is 0 Å². The first-order valence-electron chi connectivity index (χ1n) is 8.37. The molecule has 1 saturated heterocycles. The lowest BCUT2D eigenvalue weighted by Crippen LogP contribution is -2.62. The van der Waals surface area contributed by atoms with Gasteiger partial charge in [0, 0.05) is 13.0 Å². The van der Waals surface area contributed by atoms with E-state index < -0.39 is 0 Å². The number of hydrogen-bond donors (Lipinski definition) is 2. The monoisotopic (exact) mass is 298 g/mol. The second-order valence-corrected chi connectivity index (χ2v) is 8.37. The van der Waals surface area contributed by atoms with Crippen LogP contribution in [0.25, 0.3) is 0 Å². The molecule has 0 amide bonds. The zero-order valence-electron chi connectivity index (χ0n) is 14.7. The maximum atomic E-state index is 6.28. The van der Waals surface area contributed by atoms with Gasteiger partial charge < -0.3 is 9.47 Å². The van der Waals surface area contributed by atoms with E-state index in [1.54, 1.807) is 0 Å². The van der Waals surface area contributed by atoms with E-state index in [0.29, 0.717) is 5.92 Å². The summed E-state index contributed by atoms with van der Waals surface area (Å²) < 4.78 is 12.3. The second kappa shape index (κ2) is 5.80. The number of nitrogens with one attached hydrogen (secondary N) is 1. The van der Waals surface area contributed by atoms with Gasteiger partial charge in [0.25, 0.3) is 0 Å². The zero-order valence-corrected chi connectivity index (χ0v) is 14.7. The first-order chi connectivity index (χ1) is 9.66. The highest BCUT2D eigenvalue weighted by Crippen LogP contribution is 2.49. The van der Waals surface area contributed by atoms with E-state index in [-0.39, 0.29) is 22.8 Å². The molecular weight excluding hydrogens is 264 g/mol. The molecule has 2 fully saturated rings. The van der Waals surface area contributed by atoms with Crippen LogP contribution in [-0.2, 0) is 9.47 Å². The Morgan fingerprint density at radius 2 is 1.76 bits per heavy atom. The fourth-order valence-electron chi connectivity index (χ4n) is 4.65. The van der Waals surface area contributed by atoms with E-state index in [1.165, 1.54) is 12.8 Å². The number of ether oxygens (including phenoxy) is 2. The van der Waals surface area contributed by atoms with Crippen molar-refractivity contribution < 1.29 is 9.47 Å². The molecular formula is C17H34N2O2. The van der Waals surface area contributed by atoms with Crippen LogP contribution in [-0.4, -0.2) is 30.0 Å². The van der Waals surface area contributed by atoms with Crippen molar-refractivity contribution in [1.82, 2.24) is 5.43 Å². The quantitative estimate of drug-likeness (QED) is 0.619. The smallest absolute Gasteiger partial charge is 0.0848 e. The minimum absolute atomic E-state index is 0.0971. The number of methoxy groups -OCH3 is 1. The van der Waals surface area contributed by atoms with Gasteiger partial charge in [-0.05, 0) is 65.7 Å². The minimum Gasteiger partial charge on any atom is -0.377 e. The third-order valence-electron chi connectivity index (χ3n) is 5.82. The summed E-state index contributed by atoms with van der Waals surface area (Å²) in [5.74, 6) is 7.14. The third-order valence-corrected chi connectivity index (χ3v) is 5.82. The van der Waals surface area contributed by atoms with Crippen LogP contribution in [0.5, 0.6) is 0 Å². The summed E-state index contributed by atoms with van der Waals surface area (Å²) in [4.78, 5) is 0. The van der Waals surface area contributed by atoms with Gasteiger partial charge in [0.15, 0.2) is 0 Å². The van der Waals surface area contributed by atoms with E-state index >= 15 is 0 Å². The molecule has 2 unspecified atom stereocenters. The highest BCUT2D eigenvalue weighted by molar-refractivity contribution is 5.07. The molecule has 21 heavy (non-hydrogen) atoms. The lowest BCUT2D eigenvalue weighted by molar-refractivity contribution is -0.118. The van der Waals surface area contributed by atoms with E-state index in [0.717, 1.165) is 25.2 Å². The average molecular weight is 298 g/mol. The molecule has 1 heterocycles. The number of hydrogen-bond acceptors (Lipinski definition) is 4. The lowest BCUT2D eigenvalue weighted by atomic mass is 9.68. The molecule has 4 heteroatoms. The summed E-state index contributed by atoms with van der Waals surface area (Å²) in [5.41, 5.74) is 2.67. The normalized spacial score (nSPS) is 40.1. The van der Waals surface area contributed by atoms with Crippen LogP contribution in [0.15, 0.2) is 0 Å². The molecule has 0 spiro atoms. The Morgan fingerprint density at radius 1 is 1.19 bits per heavy atom. The van der Waals surface area contributed by atoms with Crippen LogP contribution in [0.4, 0.5) is 0 Å². The minimum atomic E-state index is -0.185. The van der Waals surface area contributed by atoms with Crippen molar-refractivity contribution in [2.75, 3.05) is 7.11 Å². The molecule has 0 aromatic heterocycles. The Balaban J connectivity index is 2.26. The van der Waals surface area contributed by atoms with Gasteiger partial charge in [-0.2, -0.15) is 0 Å². The molecule has 3 N–H and O–H groups in total. The number of nitrogens with two attached hydrogens (primary N) is 1. The van der Waals surface area contributed by atoms with Crippen molar-refractivity contribution in [2.24, 2.45) is 17.7 Å². The third kappa shape index (κ3) is 3.29. The molecule has 2 aliphatic rings. The molecule has 1 aliphatic carbocycles. The molecule has 2 atom stereocenters. The van der Waals surface area contributed by atoms with Crippen LogP contribution in [0.1, 0.15) is 66.7 Å². The first-order valence-corrected chi connectivity index (χ1v) is 8.37.